The van der Waals surface area contributed by atoms with Gasteiger partial charge >= 0.3 is 0 Å². The van der Waals surface area contributed by atoms with E-state index in [2.05, 4.69) is 0 Å². The van der Waals surface area contributed by atoms with E-state index < -0.39 is 9.05 Å². The second kappa shape index (κ2) is 3.03. The van der Waals surface area contributed by atoms with Crippen molar-refractivity contribution in [1.82, 2.24) is 0 Å². The molecular weight excluding hydrogens is 182 g/mol. The minimum absolute atomic E-state index is 0.220. The molecule has 2 nitrogen and oxygen atoms in total. The number of halogens is 1. The molecule has 0 aromatic rings. The maximum Gasteiger partial charge on any atom is 0.260 e. The van der Waals surface area contributed by atoms with Gasteiger partial charge in [0.05, 0.1) is 4.91 Å². The molecule has 0 saturated carbocycles. The van der Waals surface area contributed by atoms with Crippen molar-refractivity contribution in [2.75, 3.05) is 0 Å². The van der Waals surface area contributed by atoms with E-state index in [0.29, 0.717) is 6.71 Å². The molecule has 0 radical (unpaired) electrons. The van der Waals surface area contributed by atoms with Crippen LogP contribution in [0.3, 0.4) is 0 Å². The molecule has 0 saturated heterocycles. The maximum atomic E-state index is 10.7. The topological polar surface area (TPSA) is 34.1 Å². The van der Waals surface area contributed by atoms with Crippen molar-refractivity contribution in [3.05, 3.63) is 23.0 Å². The van der Waals surface area contributed by atoms with Crippen molar-refractivity contribution in [1.29, 1.82) is 0 Å². The molecule has 0 aromatic heterocycles. The molecule has 0 atom stereocenters. The molecule has 0 amide bonds. The molecule has 0 spiro atoms. The van der Waals surface area contributed by atoms with Crippen LogP contribution in [0.2, 0.25) is 13.1 Å². The predicted molar refractivity (Wildman–Crippen MR) is 48.4 cm³/mol. The summed E-state index contributed by atoms with van der Waals surface area (Å²) >= 11 is 0. The van der Waals surface area contributed by atoms with Crippen molar-refractivity contribution in [3.8, 4) is 0 Å². The Morgan fingerprint density at radius 3 is 2.64 bits per heavy atom. The van der Waals surface area contributed by atoms with Gasteiger partial charge in [0.25, 0.3) is 9.05 Å². The van der Waals surface area contributed by atoms with Crippen molar-refractivity contribution < 1.29 is 8.42 Å². The fourth-order valence-electron chi connectivity index (χ4n) is 0.889. The quantitative estimate of drug-likeness (QED) is 0.466. The lowest BCUT2D eigenvalue weighted by molar-refractivity contribution is 0.615. The minimum atomic E-state index is -3.50. The van der Waals surface area contributed by atoms with Crippen LogP contribution in [0, 0.1) is 0 Å². The predicted octanol–water partition coefficient (Wildman–Crippen LogP) is 1.67. The van der Waals surface area contributed by atoms with Crippen molar-refractivity contribution in [2.24, 2.45) is 0 Å². The summed E-state index contributed by atoms with van der Waals surface area (Å²) in [5.41, 5.74) is 0. The fourth-order valence-corrected chi connectivity index (χ4v) is 1.77. The van der Waals surface area contributed by atoms with Gasteiger partial charge in [-0.05, 0) is 0 Å². The number of rotatable bonds is 1. The van der Waals surface area contributed by atoms with Gasteiger partial charge in [-0.2, -0.15) is 0 Å². The first kappa shape index (κ1) is 8.88. The van der Waals surface area contributed by atoms with Crippen LogP contribution in [0.15, 0.2) is 23.0 Å². The van der Waals surface area contributed by atoms with Crippen LogP contribution in [0.4, 0.5) is 0 Å². The van der Waals surface area contributed by atoms with Crippen molar-refractivity contribution >= 4 is 26.4 Å². The Morgan fingerprint density at radius 2 is 2.27 bits per heavy atom. The van der Waals surface area contributed by atoms with E-state index in [0.717, 1.165) is 6.32 Å². The summed E-state index contributed by atoms with van der Waals surface area (Å²) in [4.78, 5) is 0.220. The average Bonchev–Trinajstić information content (AvgIpc) is 1.86. The fraction of sp³-hybridized carbons (Fsp3) is 0.333. The Kier molecular flexibility index (Phi) is 2.45. The number of hydrogen-bond donors (Lipinski definition) is 0. The number of hydrogen-bond acceptors (Lipinski definition) is 2. The normalized spacial score (nSPS) is 18.4. The summed E-state index contributed by atoms with van der Waals surface area (Å²) in [6.07, 6.45) is 3.95. The summed E-state index contributed by atoms with van der Waals surface area (Å²) in [7, 11) is 1.61. The third-order valence-electron chi connectivity index (χ3n) is 1.56. The van der Waals surface area contributed by atoms with Gasteiger partial charge in [-0.1, -0.05) is 25.3 Å². The third kappa shape index (κ3) is 2.38. The highest BCUT2D eigenvalue weighted by Gasteiger charge is 2.15. The first-order valence-corrected chi connectivity index (χ1v) is 5.64. The summed E-state index contributed by atoms with van der Waals surface area (Å²) < 4.78 is 21.5. The van der Waals surface area contributed by atoms with Gasteiger partial charge in [0.1, 0.15) is 0 Å². The zero-order valence-corrected chi connectivity index (χ0v) is 7.69. The first-order chi connectivity index (χ1) is 5.00. The third-order valence-corrected chi connectivity index (χ3v) is 2.96. The van der Waals surface area contributed by atoms with Crippen LogP contribution in [-0.4, -0.2) is 15.1 Å². The largest absolute Gasteiger partial charge is 0.260 e. The van der Waals surface area contributed by atoms with Crippen molar-refractivity contribution in [3.63, 3.8) is 0 Å². The molecule has 11 heavy (non-hydrogen) atoms. The molecule has 1 aliphatic heterocycles. The van der Waals surface area contributed by atoms with E-state index in [1.165, 1.54) is 0 Å². The zero-order chi connectivity index (χ0) is 8.48. The molecule has 60 valence electrons. The molecule has 0 fully saturated rings. The lowest BCUT2D eigenvalue weighted by Crippen LogP contribution is -2.07. The van der Waals surface area contributed by atoms with Crippen LogP contribution in [0.25, 0.3) is 0 Å². The molecular formula is C6H8BClO2S. The van der Waals surface area contributed by atoms with Crippen LogP contribution >= 0.6 is 10.7 Å². The Morgan fingerprint density at radius 1 is 1.64 bits per heavy atom. The van der Waals surface area contributed by atoms with E-state index >= 15 is 0 Å². The molecule has 5 heteroatoms. The van der Waals surface area contributed by atoms with Gasteiger partial charge in [-0.15, -0.1) is 5.98 Å². The lowest BCUT2D eigenvalue weighted by atomic mass is 9.48. The zero-order valence-electron chi connectivity index (χ0n) is 6.12. The van der Waals surface area contributed by atoms with Gasteiger partial charge in [0, 0.05) is 10.7 Å². The highest BCUT2D eigenvalue weighted by Crippen LogP contribution is 2.19. The first-order valence-electron chi connectivity index (χ1n) is 3.33. The summed E-state index contributed by atoms with van der Waals surface area (Å²) in [5, 5.41) is 0. The Hall–Kier alpha value is -0.215. The van der Waals surface area contributed by atoms with Crippen LogP contribution in [-0.2, 0) is 9.05 Å². The monoisotopic (exact) mass is 190 g/mol. The average molecular weight is 190 g/mol. The molecule has 0 aliphatic carbocycles. The highest BCUT2D eigenvalue weighted by molar-refractivity contribution is 8.17. The summed E-state index contributed by atoms with van der Waals surface area (Å²) in [5.74, 6) is 1.84. The molecule has 1 heterocycles. The molecule has 0 unspecified atom stereocenters. The molecule has 1 rings (SSSR count). The molecule has 0 N–H and O–H groups in total. The van der Waals surface area contributed by atoms with E-state index in [1.54, 1.807) is 12.2 Å². The molecule has 0 bridgehead atoms. The smallest absolute Gasteiger partial charge is 0.207 e. The second-order valence-electron chi connectivity index (χ2n) is 2.62. The Bertz CT molecular complexity index is 305. The SMILES string of the molecule is CB1C=CC(S(=O)(=O)Cl)=CC1. The van der Waals surface area contributed by atoms with E-state index in [4.69, 9.17) is 10.7 Å². The Labute approximate surface area is 71.4 Å². The van der Waals surface area contributed by atoms with Crippen LogP contribution in [0.1, 0.15) is 0 Å². The Balaban J connectivity index is 2.89. The second-order valence-corrected chi connectivity index (χ2v) is 5.18. The summed E-state index contributed by atoms with van der Waals surface area (Å²) in [6.45, 7) is 2.43. The standard InChI is InChI=1S/C6H8BClO2S/c1-7-4-2-6(3-5-7)11(8,9)10/h2-4H,5H2,1H3. The van der Waals surface area contributed by atoms with Gasteiger partial charge in [-0.3, -0.25) is 0 Å². The summed E-state index contributed by atoms with van der Waals surface area (Å²) in [6, 6.07) is 0. The van der Waals surface area contributed by atoms with Crippen molar-refractivity contribution in [2.45, 2.75) is 13.1 Å². The molecule has 0 aromatic carbocycles. The van der Waals surface area contributed by atoms with E-state index in [-0.39, 0.29) is 4.91 Å². The van der Waals surface area contributed by atoms with Crippen LogP contribution in [0.5, 0.6) is 0 Å². The van der Waals surface area contributed by atoms with E-state index in [9.17, 15) is 8.42 Å². The van der Waals surface area contributed by atoms with Gasteiger partial charge in [0.15, 0.2) is 6.71 Å². The lowest BCUT2D eigenvalue weighted by Gasteiger charge is -2.05. The number of allylic oxidation sites excluding steroid dienone is 2. The van der Waals surface area contributed by atoms with E-state index in [1.807, 2.05) is 12.8 Å². The van der Waals surface area contributed by atoms with Crippen LogP contribution < -0.4 is 0 Å². The van der Waals surface area contributed by atoms with Gasteiger partial charge in [-0.25, -0.2) is 8.42 Å². The van der Waals surface area contributed by atoms with Gasteiger partial charge in [0.2, 0.25) is 0 Å². The minimum Gasteiger partial charge on any atom is -0.207 e. The van der Waals surface area contributed by atoms with Gasteiger partial charge < -0.3 is 0 Å². The maximum absolute atomic E-state index is 10.7. The molecule has 1 aliphatic rings. The highest BCUT2D eigenvalue weighted by atomic mass is 35.7.